The van der Waals surface area contributed by atoms with E-state index in [1.807, 2.05) is 0 Å². The molecule has 0 aliphatic heterocycles. The summed E-state index contributed by atoms with van der Waals surface area (Å²) in [6.45, 7) is 9.11. The van der Waals surface area contributed by atoms with E-state index in [9.17, 15) is 14.7 Å². The minimum atomic E-state index is -0.723. The quantitative estimate of drug-likeness (QED) is 0.0627. The van der Waals surface area contributed by atoms with Gasteiger partial charge in [0.05, 0.1) is 5.41 Å². The molecule has 0 aromatic rings. The van der Waals surface area contributed by atoms with Crippen molar-refractivity contribution in [1.29, 1.82) is 0 Å². The fourth-order valence-electron chi connectivity index (χ4n) is 8.32. The second-order valence-electron chi connectivity index (χ2n) is 16.3. The van der Waals surface area contributed by atoms with Crippen LogP contribution in [-0.2, 0) is 9.59 Å². The van der Waals surface area contributed by atoms with Gasteiger partial charge in [0, 0.05) is 6.42 Å². The van der Waals surface area contributed by atoms with Crippen LogP contribution in [-0.4, -0.2) is 22.2 Å². The van der Waals surface area contributed by atoms with Crippen LogP contribution in [0.25, 0.3) is 0 Å². The zero-order valence-corrected chi connectivity index (χ0v) is 33.8. The molecule has 0 heterocycles. The molecule has 0 aliphatic rings. The van der Waals surface area contributed by atoms with Crippen LogP contribution < -0.4 is 0 Å². The largest absolute Gasteiger partial charge is 0.481 e. The Hall–Kier alpha value is -1.06. The molecule has 0 atom stereocenters. The minimum Gasteiger partial charge on any atom is -0.481 e. The average molecular weight is 693 g/mol. The third-order valence-electron chi connectivity index (χ3n) is 11.5. The molecule has 4 heteroatoms. The summed E-state index contributed by atoms with van der Waals surface area (Å²) in [5.41, 5.74) is -0.642. The summed E-state index contributed by atoms with van der Waals surface area (Å²) in [6, 6.07) is 0. The highest BCUT2D eigenvalue weighted by atomic mass is 16.4. The van der Waals surface area contributed by atoms with Crippen molar-refractivity contribution in [1.82, 2.24) is 0 Å². The first-order chi connectivity index (χ1) is 23.8. The molecule has 0 spiro atoms. The minimum absolute atomic E-state index is 0.223. The van der Waals surface area contributed by atoms with Crippen molar-refractivity contribution in [3.05, 3.63) is 0 Å². The van der Waals surface area contributed by atoms with Crippen LogP contribution in [0.2, 0.25) is 0 Å². The molecule has 0 saturated carbocycles. The Kier molecular flexibility index (Phi) is 34.6. The van der Waals surface area contributed by atoms with Crippen LogP contribution in [0.15, 0.2) is 0 Å². The highest BCUT2D eigenvalue weighted by Gasteiger charge is 2.41. The monoisotopic (exact) mass is 693 g/mol. The first kappa shape index (κ1) is 47.9. The van der Waals surface area contributed by atoms with Gasteiger partial charge in [-0.15, -0.1) is 0 Å². The lowest BCUT2D eigenvalue weighted by molar-refractivity contribution is -0.152. The lowest BCUT2D eigenvalue weighted by Gasteiger charge is -2.37. The Labute approximate surface area is 307 Å². The lowest BCUT2D eigenvalue weighted by Crippen LogP contribution is -2.36. The number of aliphatic carboxylic acids is 2. The van der Waals surface area contributed by atoms with Gasteiger partial charge in [-0.2, -0.15) is 0 Å². The third-order valence-corrected chi connectivity index (χ3v) is 11.5. The van der Waals surface area contributed by atoms with Crippen LogP contribution in [0.1, 0.15) is 259 Å². The lowest BCUT2D eigenvalue weighted by atomic mass is 9.67. The van der Waals surface area contributed by atoms with E-state index in [-0.39, 0.29) is 6.42 Å². The molecule has 0 aliphatic carbocycles. The van der Waals surface area contributed by atoms with Crippen molar-refractivity contribution < 1.29 is 19.8 Å². The number of carbonyl (C=O) groups is 2. The average Bonchev–Trinajstić information content (AvgIpc) is 3.08. The zero-order valence-electron chi connectivity index (χ0n) is 33.8. The molecule has 0 unspecified atom stereocenters. The smallest absolute Gasteiger partial charge is 0.309 e. The maximum Gasteiger partial charge on any atom is 0.309 e. The van der Waals surface area contributed by atoms with E-state index in [2.05, 4.69) is 27.7 Å². The second-order valence-corrected chi connectivity index (χ2v) is 16.3. The number of carboxylic acids is 2. The van der Waals surface area contributed by atoms with Gasteiger partial charge in [0.2, 0.25) is 0 Å². The molecule has 0 amide bonds. The van der Waals surface area contributed by atoms with E-state index in [0.29, 0.717) is 18.3 Å². The second kappa shape index (κ2) is 35.3. The van der Waals surface area contributed by atoms with Crippen molar-refractivity contribution in [2.45, 2.75) is 259 Å². The van der Waals surface area contributed by atoms with Gasteiger partial charge in [-0.3, -0.25) is 9.59 Å². The molecular formula is C45H88O4. The first-order valence-corrected chi connectivity index (χ1v) is 22.3. The molecule has 0 aromatic heterocycles. The van der Waals surface area contributed by atoms with Crippen LogP contribution >= 0.6 is 0 Å². The van der Waals surface area contributed by atoms with Crippen LogP contribution in [0.3, 0.4) is 0 Å². The van der Waals surface area contributed by atoms with Gasteiger partial charge in [0.25, 0.3) is 0 Å². The summed E-state index contributed by atoms with van der Waals surface area (Å²) < 4.78 is 0. The third kappa shape index (κ3) is 29.2. The number of rotatable bonds is 40. The van der Waals surface area contributed by atoms with Crippen molar-refractivity contribution in [3.8, 4) is 0 Å². The Balaban J connectivity index is 5.91. The summed E-state index contributed by atoms with van der Waals surface area (Å²) in [4.78, 5) is 24.7. The highest BCUT2D eigenvalue weighted by molar-refractivity contribution is 5.74. The number of hydrogen-bond acceptors (Lipinski definition) is 2. The van der Waals surface area contributed by atoms with Gasteiger partial charge in [0.1, 0.15) is 0 Å². The summed E-state index contributed by atoms with van der Waals surface area (Å²) in [5, 5.41) is 20.3. The summed E-state index contributed by atoms with van der Waals surface area (Å²) in [5.74, 6) is -0.252. The maximum absolute atomic E-state index is 13.6. The van der Waals surface area contributed by atoms with Crippen LogP contribution in [0.4, 0.5) is 0 Å². The van der Waals surface area contributed by atoms with Gasteiger partial charge in [0.15, 0.2) is 0 Å². The zero-order chi connectivity index (χ0) is 36.3. The van der Waals surface area contributed by atoms with Crippen molar-refractivity contribution in [2.75, 3.05) is 0 Å². The van der Waals surface area contributed by atoms with E-state index < -0.39 is 17.4 Å². The summed E-state index contributed by atoms with van der Waals surface area (Å²) >= 11 is 0. The standard InChI is InChI=1S/C45H88O4/c1-5-9-13-17-21-27-33-41(34-28-22-18-14-10-6-2)39-45(44(48)49,38-32-26-25-31-37-43(46)47)40-42(35-29-23-19-15-11-7-3)36-30-24-20-16-12-8-4/h41-42H,5-40H2,1-4H3,(H,46,47)(H,48,49). The molecule has 0 saturated heterocycles. The van der Waals surface area contributed by atoms with E-state index in [1.54, 1.807) is 0 Å². The maximum atomic E-state index is 13.6. The molecule has 0 fully saturated rings. The van der Waals surface area contributed by atoms with Gasteiger partial charge in [-0.25, -0.2) is 0 Å². The van der Waals surface area contributed by atoms with Crippen LogP contribution in [0, 0.1) is 17.3 Å². The van der Waals surface area contributed by atoms with E-state index in [0.717, 1.165) is 38.5 Å². The van der Waals surface area contributed by atoms with Crippen molar-refractivity contribution in [3.63, 3.8) is 0 Å². The number of carboxylic acid groups (broad SMARTS) is 2. The predicted octanol–water partition coefficient (Wildman–Crippen LogP) is 15.5. The molecular weight excluding hydrogens is 604 g/mol. The summed E-state index contributed by atoms with van der Waals surface area (Å²) in [6.07, 6.45) is 42.0. The number of unbranched alkanes of at least 4 members (excludes halogenated alkanes) is 23. The Morgan fingerprint density at radius 3 is 1.00 bits per heavy atom. The molecule has 0 aromatic carbocycles. The van der Waals surface area contributed by atoms with Crippen molar-refractivity contribution in [2.24, 2.45) is 17.3 Å². The van der Waals surface area contributed by atoms with Crippen LogP contribution in [0.5, 0.6) is 0 Å². The van der Waals surface area contributed by atoms with Crippen molar-refractivity contribution >= 4 is 11.9 Å². The normalized spacial score (nSPS) is 12.0. The topological polar surface area (TPSA) is 74.6 Å². The Morgan fingerprint density at radius 1 is 0.408 bits per heavy atom. The molecule has 2 N–H and O–H groups in total. The molecule has 4 nitrogen and oxygen atoms in total. The number of hydrogen-bond donors (Lipinski definition) is 2. The van der Waals surface area contributed by atoms with Gasteiger partial charge in [-0.1, -0.05) is 227 Å². The predicted molar refractivity (Wildman–Crippen MR) is 214 cm³/mol. The first-order valence-electron chi connectivity index (χ1n) is 22.3. The SMILES string of the molecule is CCCCCCCCC(CCCCCCCC)CC(CCCCCCC(=O)O)(CC(CCCCCCCC)CCCCCCCC)C(=O)O. The molecule has 0 radical (unpaired) electrons. The molecule has 0 rings (SSSR count). The fraction of sp³-hybridized carbons (Fsp3) is 0.956. The van der Waals surface area contributed by atoms with Gasteiger partial charge < -0.3 is 10.2 Å². The van der Waals surface area contributed by atoms with E-state index in [1.165, 1.54) is 180 Å². The molecule has 49 heavy (non-hydrogen) atoms. The highest BCUT2D eigenvalue weighted by Crippen LogP contribution is 2.44. The fourth-order valence-corrected chi connectivity index (χ4v) is 8.32. The molecule has 0 bridgehead atoms. The summed E-state index contributed by atoms with van der Waals surface area (Å²) in [7, 11) is 0. The van der Waals surface area contributed by atoms with Gasteiger partial charge >= 0.3 is 11.9 Å². The van der Waals surface area contributed by atoms with E-state index in [4.69, 9.17) is 5.11 Å². The Morgan fingerprint density at radius 2 is 0.694 bits per heavy atom. The Bertz CT molecular complexity index is 649. The van der Waals surface area contributed by atoms with Gasteiger partial charge in [-0.05, 0) is 37.5 Å². The molecule has 292 valence electrons. The van der Waals surface area contributed by atoms with E-state index >= 15 is 0 Å².